The van der Waals surface area contributed by atoms with Crippen LogP contribution in [0.2, 0.25) is 0 Å². The van der Waals surface area contributed by atoms with Crippen LogP contribution in [0.4, 0.5) is 57.1 Å². The number of hydrogen-bond donors (Lipinski definition) is 0. The summed E-state index contributed by atoms with van der Waals surface area (Å²) in [5.41, 5.74) is 0. The van der Waals surface area contributed by atoms with E-state index in [4.69, 9.17) is 0 Å². The standard InChI is InChI=1S/C5BF13O3/c7-1(8,9)3(13,14)20-6(22-5(17,18)19)21-4(15,16)2(10,11)12. The van der Waals surface area contributed by atoms with E-state index < -0.39 is 38.3 Å². The van der Waals surface area contributed by atoms with Gasteiger partial charge >= 0.3 is 38.3 Å². The third-order valence-corrected chi connectivity index (χ3v) is 1.38. The van der Waals surface area contributed by atoms with E-state index in [1.54, 1.807) is 0 Å². The Morgan fingerprint density at radius 2 is 0.727 bits per heavy atom. The zero-order valence-electron chi connectivity index (χ0n) is 9.22. The van der Waals surface area contributed by atoms with Gasteiger partial charge in [-0.25, -0.2) is 0 Å². The Morgan fingerprint density at radius 3 is 0.909 bits per heavy atom. The monoisotopic (exact) mass is 366 g/mol. The molecule has 3 nitrogen and oxygen atoms in total. The lowest BCUT2D eigenvalue weighted by atomic mass is 10.2. The Kier molecular flexibility index (Phi) is 5.65. The van der Waals surface area contributed by atoms with E-state index in [2.05, 4.69) is 14.0 Å². The fourth-order valence-corrected chi connectivity index (χ4v) is 0.557. The molecular formula is C5BF13O3. The van der Waals surface area contributed by atoms with Gasteiger partial charge in [-0.3, -0.25) is 4.65 Å². The summed E-state index contributed by atoms with van der Waals surface area (Å²) in [5.74, 6) is 0. The molecule has 0 bridgehead atoms. The number of hydrogen-bond acceptors (Lipinski definition) is 3. The summed E-state index contributed by atoms with van der Waals surface area (Å²) in [6.07, 6.45) is -32.9. The Labute approximate surface area is 111 Å². The molecule has 0 aliphatic rings. The van der Waals surface area contributed by atoms with Crippen molar-refractivity contribution >= 4 is 7.32 Å². The van der Waals surface area contributed by atoms with E-state index in [-0.39, 0.29) is 0 Å². The first kappa shape index (κ1) is 21.0. The summed E-state index contributed by atoms with van der Waals surface area (Å²) in [7, 11) is -4.77. The quantitative estimate of drug-likeness (QED) is 0.547. The molecule has 0 fully saturated rings. The van der Waals surface area contributed by atoms with Gasteiger partial charge in [0.05, 0.1) is 0 Å². The van der Waals surface area contributed by atoms with Crippen molar-refractivity contribution in [2.24, 2.45) is 0 Å². The van der Waals surface area contributed by atoms with Crippen molar-refractivity contribution in [2.75, 3.05) is 0 Å². The van der Waals surface area contributed by atoms with Gasteiger partial charge in [0.25, 0.3) is 0 Å². The van der Waals surface area contributed by atoms with Crippen molar-refractivity contribution in [2.45, 2.75) is 30.9 Å². The fourth-order valence-electron chi connectivity index (χ4n) is 0.557. The fraction of sp³-hybridized carbons (Fsp3) is 1.00. The van der Waals surface area contributed by atoms with Crippen LogP contribution in [0.25, 0.3) is 0 Å². The van der Waals surface area contributed by atoms with E-state index >= 15 is 0 Å². The molecule has 0 spiro atoms. The second kappa shape index (κ2) is 5.91. The molecule has 22 heavy (non-hydrogen) atoms. The maximum Gasteiger partial charge on any atom is 0.654 e. The highest BCUT2D eigenvalue weighted by Crippen LogP contribution is 2.41. The first-order valence-corrected chi connectivity index (χ1v) is 4.28. The average molecular weight is 366 g/mol. The van der Waals surface area contributed by atoms with Crippen LogP contribution in [0.15, 0.2) is 0 Å². The van der Waals surface area contributed by atoms with Gasteiger partial charge in [0, 0.05) is 0 Å². The minimum absolute atomic E-state index is 2.10. The summed E-state index contributed by atoms with van der Waals surface area (Å²) >= 11 is 0. The van der Waals surface area contributed by atoms with Gasteiger partial charge in [0.15, 0.2) is 0 Å². The molecule has 0 aliphatic carbocycles. The average Bonchev–Trinajstić information content (AvgIpc) is 2.07. The van der Waals surface area contributed by atoms with Crippen LogP contribution in [0.1, 0.15) is 0 Å². The lowest BCUT2D eigenvalue weighted by Crippen LogP contribution is -2.52. The summed E-state index contributed by atoms with van der Waals surface area (Å²) in [5, 5.41) is 0. The lowest BCUT2D eigenvalue weighted by molar-refractivity contribution is -0.404. The summed E-state index contributed by atoms with van der Waals surface area (Å²) < 4.78 is 160. The molecule has 132 valence electrons. The SMILES string of the molecule is FC(F)(F)OB(OC(F)(F)C(F)(F)F)OC(F)(F)C(F)(F)F. The van der Waals surface area contributed by atoms with Crippen LogP contribution < -0.4 is 0 Å². The molecule has 0 aromatic carbocycles. The minimum atomic E-state index is -6.75. The van der Waals surface area contributed by atoms with Crippen molar-refractivity contribution in [1.29, 1.82) is 0 Å². The van der Waals surface area contributed by atoms with Crippen molar-refractivity contribution in [3.05, 3.63) is 0 Å². The largest absolute Gasteiger partial charge is 0.654 e. The molecule has 0 saturated carbocycles. The molecule has 0 atom stereocenters. The molecule has 0 aliphatic heterocycles. The Bertz CT molecular complexity index is 341. The van der Waals surface area contributed by atoms with E-state index in [0.717, 1.165) is 0 Å². The van der Waals surface area contributed by atoms with Crippen LogP contribution in [0.5, 0.6) is 0 Å². The molecule has 0 radical (unpaired) electrons. The second-order valence-corrected chi connectivity index (χ2v) is 3.12. The molecule has 17 heteroatoms. The molecule has 0 amide bonds. The van der Waals surface area contributed by atoms with Crippen molar-refractivity contribution in [3.8, 4) is 0 Å². The smallest absolute Gasteiger partial charge is 0.319 e. The highest BCUT2D eigenvalue weighted by atomic mass is 19.4. The molecular weight excluding hydrogens is 366 g/mol. The molecule has 0 heterocycles. The lowest BCUT2D eigenvalue weighted by Gasteiger charge is -2.26. The normalized spacial score (nSPS) is 15.1. The van der Waals surface area contributed by atoms with Gasteiger partial charge in [-0.1, -0.05) is 0 Å². The van der Waals surface area contributed by atoms with Gasteiger partial charge in [-0.15, -0.1) is 13.2 Å². The predicted molar refractivity (Wildman–Crippen MR) is 37.1 cm³/mol. The maximum atomic E-state index is 12.2. The number of halogens is 13. The Balaban J connectivity index is 5.33. The molecule has 0 saturated heterocycles. The summed E-state index contributed by atoms with van der Waals surface area (Å²) in [6, 6.07) is 0. The van der Waals surface area contributed by atoms with Crippen molar-refractivity contribution in [1.82, 2.24) is 0 Å². The van der Waals surface area contributed by atoms with E-state index in [9.17, 15) is 57.1 Å². The predicted octanol–water partition coefficient (Wildman–Crippen LogP) is 3.85. The van der Waals surface area contributed by atoms with Gasteiger partial charge in [0.1, 0.15) is 0 Å². The van der Waals surface area contributed by atoms with Crippen LogP contribution in [0.3, 0.4) is 0 Å². The zero-order valence-corrected chi connectivity index (χ0v) is 9.22. The zero-order chi connectivity index (χ0) is 18.2. The van der Waals surface area contributed by atoms with Gasteiger partial charge < -0.3 is 9.31 Å². The van der Waals surface area contributed by atoms with E-state index in [1.165, 1.54) is 0 Å². The molecule has 0 rings (SSSR count). The molecule has 0 aromatic rings. The topological polar surface area (TPSA) is 27.7 Å². The van der Waals surface area contributed by atoms with Crippen LogP contribution in [-0.2, 0) is 14.0 Å². The van der Waals surface area contributed by atoms with E-state index in [1.807, 2.05) is 0 Å². The van der Waals surface area contributed by atoms with Gasteiger partial charge in [-0.2, -0.15) is 43.9 Å². The molecule has 0 N–H and O–H groups in total. The summed E-state index contributed by atoms with van der Waals surface area (Å²) in [4.78, 5) is 0. The molecule has 0 unspecified atom stereocenters. The third kappa shape index (κ3) is 6.03. The highest BCUT2D eigenvalue weighted by Gasteiger charge is 2.67. The van der Waals surface area contributed by atoms with Gasteiger partial charge in [0.2, 0.25) is 0 Å². The highest BCUT2D eigenvalue weighted by molar-refractivity contribution is 6.36. The first-order valence-electron chi connectivity index (χ1n) is 4.28. The maximum absolute atomic E-state index is 12.2. The van der Waals surface area contributed by atoms with Crippen molar-refractivity contribution in [3.63, 3.8) is 0 Å². The van der Waals surface area contributed by atoms with Crippen LogP contribution >= 0.6 is 0 Å². The number of rotatable bonds is 5. The van der Waals surface area contributed by atoms with E-state index in [0.29, 0.717) is 0 Å². The third-order valence-electron chi connectivity index (χ3n) is 1.38. The van der Waals surface area contributed by atoms with Gasteiger partial charge in [-0.05, 0) is 0 Å². The Morgan fingerprint density at radius 1 is 0.455 bits per heavy atom. The first-order chi connectivity index (χ1) is 9.29. The number of alkyl halides is 13. The summed E-state index contributed by atoms with van der Waals surface area (Å²) in [6.45, 7) is 0. The molecule has 0 aromatic heterocycles. The van der Waals surface area contributed by atoms with Crippen LogP contribution in [0, 0.1) is 0 Å². The van der Waals surface area contributed by atoms with Crippen molar-refractivity contribution < 1.29 is 71.0 Å². The second-order valence-electron chi connectivity index (χ2n) is 3.12. The van der Waals surface area contributed by atoms with Crippen LogP contribution in [-0.4, -0.2) is 38.3 Å². The minimum Gasteiger partial charge on any atom is -0.319 e. The Hall–Kier alpha value is -0.965.